The quantitative estimate of drug-likeness (QED) is 0.282. The highest BCUT2D eigenvalue weighted by atomic mass is 79.9. The van der Waals surface area contributed by atoms with Gasteiger partial charge in [-0.15, -0.1) is 0 Å². The molecule has 0 aromatic heterocycles. The molecule has 1 aromatic rings. The molecule has 1 aromatic carbocycles. The molecule has 0 heterocycles. The molecule has 0 saturated carbocycles. The monoisotopic (exact) mass is 287 g/mol. The van der Waals surface area contributed by atoms with E-state index < -0.39 is 15.2 Å². The van der Waals surface area contributed by atoms with Crippen LogP contribution in [0.2, 0.25) is 0 Å². The van der Waals surface area contributed by atoms with Crippen LogP contribution in [0.5, 0.6) is 5.75 Å². The van der Waals surface area contributed by atoms with Crippen LogP contribution in [0.4, 0.5) is 5.69 Å². The van der Waals surface area contributed by atoms with Gasteiger partial charge in [0.2, 0.25) is 0 Å². The Morgan fingerprint density at radius 3 is 2.25 bits per heavy atom. The normalized spacial score (nSPS) is 10.9. The second kappa shape index (κ2) is 4.61. The van der Waals surface area contributed by atoms with Crippen molar-refractivity contribution >= 4 is 27.6 Å². The summed E-state index contributed by atoms with van der Waals surface area (Å²) < 4.78 is 4.22. The first-order chi connectivity index (χ1) is 7.30. The number of nitrogens with zero attached hydrogens (tertiary/aromatic N) is 1. The molecule has 6 heteroatoms. The van der Waals surface area contributed by atoms with E-state index in [9.17, 15) is 14.9 Å². The molecule has 0 aliphatic rings. The number of carbonyl (C=O) groups excluding carboxylic acids is 1. The smallest absolute Gasteiger partial charge is 0.327 e. The van der Waals surface area contributed by atoms with E-state index >= 15 is 0 Å². The van der Waals surface area contributed by atoms with Crippen LogP contribution < -0.4 is 4.74 Å². The Kier molecular flexibility index (Phi) is 3.64. The van der Waals surface area contributed by atoms with Gasteiger partial charge in [-0.2, -0.15) is 0 Å². The van der Waals surface area contributed by atoms with Crippen molar-refractivity contribution in [3.05, 3.63) is 34.4 Å². The fourth-order valence-corrected chi connectivity index (χ4v) is 0.945. The minimum absolute atomic E-state index is 0.0436. The van der Waals surface area contributed by atoms with Crippen molar-refractivity contribution < 1.29 is 14.5 Å². The maximum Gasteiger partial charge on any atom is 0.327 e. The Hall–Kier alpha value is -1.43. The number of ether oxygens (including phenoxy) is 1. The molecule has 0 saturated heterocycles. The van der Waals surface area contributed by atoms with E-state index in [1.54, 1.807) is 13.8 Å². The minimum Gasteiger partial charge on any atom is -0.426 e. The topological polar surface area (TPSA) is 69.4 Å². The van der Waals surface area contributed by atoms with Crippen molar-refractivity contribution in [3.8, 4) is 5.75 Å². The van der Waals surface area contributed by atoms with Gasteiger partial charge in [0.25, 0.3) is 5.69 Å². The maximum atomic E-state index is 11.4. The first-order valence-corrected chi connectivity index (χ1v) is 5.25. The molecule has 0 unspecified atom stereocenters. The van der Waals surface area contributed by atoms with Crippen LogP contribution in [0.1, 0.15) is 13.8 Å². The Morgan fingerprint density at radius 2 is 1.88 bits per heavy atom. The van der Waals surface area contributed by atoms with Crippen LogP contribution >= 0.6 is 15.9 Å². The maximum absolute atomic E-state index is 11.4. The average Bonchev–Trinajstić information content (AvgIpc) is 2.17. The molecule has 0 aliphatic heterocycles. The Bertz CT molecular complexity index is 408. The Balaban J connectivity index is 2.77. The number of nitro groups is 1. The SMILES string of the molecule is CC(C)(Br)C(=O)Oc1ccc([N+](=O)[O-])cc1. The van der Waals surface area contributed by atoms with E-state index in [1.165, 1.54) is 24.3 Å². The van der Waals surface area contributed by atoms with Gasteiger partial charge in [-0.05, 0) is 26.0 Å². The summed E-state index contributed by atoms with van der Waals surface area (Å²) in [7, 11) is 0. The van der Waals surface area contributed by atoms with E-state index in [0.717, 1.165) is 0 Å². The predicted molar refractivity (Wildman–Crippen MR) is 61.7 cm³/mol. The summed E-state index contributed by atoms with van der Waals surface area (Å²) in [5.41, 5.74) is -0.0436. The molecule has 0 N–H and O–H groups in total. The van der Waals surface area contributed by atoms with E-state index in [0.29, 0.717) is 0 Å². The third kappa shape index (κ3) is 3.30. The number of hydrogen-bond donors (Lipinski definition) is 0. The average molecular weight is 288 g/mol. The van der Waals surface area contributed by atoms with Gasteiger partial charge in [0.05, 0.1) is 4.92 Å². The van der Waals surface area contributed by atoms with E-state index in [2.05, 4.69) is 15.9 Å². The van der Waals surface area contributed by atoms with Gasteiger partial charge >= 0.3 is 5.97 Å². The summed E-state index contributed by atoms with van der Waals surface area (Å²) in [5, 5.41) is 10.4. The highest BCUT2D eigenvalue weighted by Gasteiger charge is 2.26. The number of benzene rings is 1. The van der Waals surface area contributed by atoms with Gasteiger partial charge in [0.1, 0.15) is 10.1 Å². The molecule has 0 bridgehead atoms. The van der Waals surface area contributed by atoms with Gasteiger partial charge in [-0.1, -0.05) is 15.9 Å². The first kappa shape index (κ1) is 12.6. The van der Waals surface area contributed by atoms with Crippen molar-refractivity contribution in [3.63, 3.8) is 0 Å². The zero-order chi connectivity index (χ0) is 12.3. The number of carbonyl (C=O) groups is 1. The number of alkyl halides is 1. The number of esters is 1. The largest absolute Gasteiger partial charge is 0.426 e. The second-order valence-electron chi connectivity index (χ2n) is 3.61. The molecule has 0 fully saturated rings. The van der Waals surface area contributed by atoms with Gasteiger partial charge in [0.15, 0.2) is 0 Å². The van der Waals surface area contributed by atoms with Gasteiger partial charge in [-0.3, -0.25) is 14.9 Å². The van der Waals surface area contributed by atoms with E-state index in [-0.39, 0.29) is 11.4 Å². The van der Waals surface area contributed by atoms with Crippen LogP contribution in [-0.4, -0.2) is 15.2 Å². The third-order valence-electron chi connectivity index (χ3n) is 1.74. The van der Waals surface area contributed by atoms with Crippen molar-refractivity contribution in [2.24, 2.45) is 0 Å². The van der Waals surface area contributed by atoms with Gasteiger partial charge in [0, 0.05) is 12.1 Å². The van der Waals surface area contributed by atoms with Gasteiger partial charge in [-0.25, -0.2) is 0 Å². The second-order valence-corrected chi connectivity index (χ2v) is 5.60. The molecule has 1 rings (SSSR count). The number of hydrogen-bond acceptors (Lipinski definition) is 4. The molecule has 0 amide bonds. The number of non-ortho nitro benzene ring substituents is 1. The van der Waals surface area contributed by atoms with Crippen molar-refractivity contribution in [2.45, 2.75) is 18.2 Å². The molecule has 86 valence electrons. The molecule has 0 atom stereocenters. The van der Waals surface area contributed by atoms with E-state index in [4.69, 9.17) is 4.74 Å². The minimum atomic E-state index is -0.783. The van der Waals surface area contributed by atoms with Gasteiger partial charge < -0.3 is 4.74 Å². The molecule has 16 heavy (non-hydrogen) atoms. The summed E-state index contributed by atoms with van der Waals surface area (Å²) in [6.45, 7) is 3.31. The van der Waals surface area contributed by atoms with E-state index in [1.807, 2.05) is 0 Å². The molecule has 5 nitrogen and oxygen atoms in total. The highest BCUT2D eigenvalue weighted by Crippen LogP contribution is 2.22. The number of rotatable bonds is 3. The lowest BCUT2D eigenvalue weighted by atomic mass is 10.2. The molecule has 0 spiro atoms. The summed E-state index contributed by atoms with van der Waals surface area (Å²) in [6.07, 6.45) is 0. The van der Waals surface area contributed by atoms with Crippen molar-refractivity contribution in [1.29, 1.82) is 0 Å². The summed E-state index contributed by atoms with van der Waals surface area (Å²) in [5.74, 6) is -0.176. The fourth-order valence-electron chi connectivity index (χ4n) is 0.864. The summed E-state index contributed by atoms with van der Waals surface area (Å²) in [6, 6.07) is 5.33. The van der Waals surface area contributed by atoms with Crippen molar-refractivity contribution in [1.82, 2.24) is 0 Å². The molecular weight excluding hydrogens is 278 g/mol. The number of halogens is 1. The molecular formula is C10H10BrNO4. The van der Waals surface area contributed by atoms with Crippen LogP contribution in [0.25, 0.3) is 0 Å². The zero-order valence-electron chi connectivity index (χ0n) is 8.77. The zero-order valence-corrected chi connectivity index (χ0v) is 10.4. The molecule has 0 aliphatic carbocycles. The third-order valence-corrected chi connectivity index (χ3v) is 2.07. The standard InChI is InChI=1S/C10H10BrNO4/c1-10(2,11)9(13)16-8-5-3-7(4-6-8)12(14)15/h3-6H,1-2H3. The Morgan fingerprint density at radius 1 is 1.38 bits per heavy atom. The highest BCUT2D eigenvalue weighted by molar-refractivity contribution is 9.10. The first-order valence-electron chi connectivity index (χ1n) is 4.46. The Labute approximate surface area is 101 Å². The van der Waals surface area contributed by atoms with Crippen molar-refractivity contribution in [2.75, 3.05) is 0 Å². The van der Waals surface area contributed by atoms with Crippen LogP contribution in [0.15, 0.2) is 24.3 Å². The summed E-state index contributed by atoms with van der Waals surface area (Å²) in [4.78, 5) is 21.3. The predicted octanol–water partition coefficient (Wildman–Crippen LogP) is 2.67. The lowest BCUT2D eigenvalue weighted by Crippen LogP contribution is -2.29. The van der Waals surface area contributed by atoms with Crippen LogP contribution in [-0.2, 0) is 4.79 Å². The lowest BCUT2D eigenvalue weighted by molar-refractivity contribution is -0.384. The molecule has 0 radical (unpaired) electrons. The number of nitro benzene ring substituents is 1. The van der Waals surface area contributed by atoms with Crippen LogP contribution in [0, 0.1) is 10.1 Å². The fraction of sp³-hybridized carbons (Fsp3) is 0.300. The lowest BCUT2D eigenvalue weighted by Gasteiger charge is -2.14. The summed E-state index contributed by atoms with van der Waals surface area (Å²) >= 11 is 3.16. The van der Waals surface area contributed by atoms with Crippen LogP contribution in [0.3, 0.4) is 0 Å².